The standard InChI is InChI=1S/C13H16FN5O6P/c1-7-11-16-3-9(19(11)18-6-17-7)13(5-15)12(2,14)10(20)8(25-13)4-24-26(21,22)23/h3,6,8,10,20-23H,4H2,1-2H3/q+1/t8-,10-,12-,13+/m1/s1. The van der Waals surface area contributed by atoms with E-state index >= 15 is 4.39 Å². The van der Waals surface area contributed by atoms with Crippen LogP contribution in [-0.4, -0.2) is 63.9 Å². The molecule has 4 atom stereocenters. The van der Waals surface area contributed by atoms with Gasteiger partial charge in [-0.25, -0.2) is 18.9 Å². The Morgan fingerprint density at radius 3 is 2.77 bits per heavy atom. The maximum absolute atomic E-state index is 15.5. The summed E-state index contributed by atoms with van der Waals surface area (Å²) in [5.74, 6) is 0. The molecule has 11 nitrogen and oxygen atoms in total. The molecule has 1 saturated heterocycles. The van der Waals surface area contributed by atoms with Gasteiger partial charge < -0.3 is 9.84 Å². The molecule has 1 fully saturated rings. The molecule has 140 valence electrons. The molecule has 2 aromatic heterocycles. The van der Waals surface area contributed by atoms with Crippen LogP contribution in [0, 0.1) is 18.3 Å². The Morgan fingerprint density at radius 2 is 2.15 bits per heavy atom. The number of aliphatic hydroxyl groups is 1. The Bertz CT molecular complexity index is 880. The molecule has 4 N–H and O–H groups in total. The van der Waals surface area contributed by atoms with Crippen LogP contribution in [0.2, 0.25) is 0 Å². The third-order valence-electron chi connectivity index (χ3n) is 4.33. The fourth-order valence-corrected chi connectivity index (χ4v) is 3.28. The molecule has 3 heterocycles. The summed E-state index contributed by atoms with van der Waals surface area (Å²) in [4.78, 5) is 34.8. The number of ether oxygens (including phenoxy) is 1. The number of nitrogens with zero attached hydrogens (tertiary/aromatic N) is 5. The summed E-state index contributed by atoms with van der Waals surface area (Å²) in [7, 11) is -4.63. The topological polar surface area (TPSA) is 166 Å². The van der Waals surface area contributed by atoms with Crippen molar-refractivity contribution in [3.8, 4) is 6.07 Å². The Balaban J connectivity index is 2.07. The van der Waals surface area contributed by atoms with Crippen molar-refractivity contribution in [1.82, 2.24) is 19.6 Å². The van der Waals surface area contributed by atoms with Crippen molar-refractivity contribution in [3.05, 3.63) is 23.9 Å². The highest BCUT2D eigenvalue weighted by atomic mass is 31.2. The van der Waals surface area contributed by atoms with E-state index in [4.69, 9.17) is 19.4 Å². The number of aryl methyl sites for hydroxylation is 1. The maximum atomic E-state index is 15.5. The fraction of sp³-hybridized carbons (Fsp3) is 0.538. The number of hydrogen-bond acceptors (Lipinski definition) is 10. The van der Waals surface area contributed by atoms with Crippen molar-refractivity contribution in [2.24, 2.45) is 0 Å². The van der Waals surface area contributed by atoms with Crippen LogP contribution in [0.25, 0.3) is 5.65 Å². The molecular formula is C13H16FN5O6P+. The monoisotopic (exact) mass is 388 g/mol. The lowest BCUT2D eigenvalue weighted by molar-refractivity contribution is -0.0724. The van der Waals surface area contributed by atoms with Gasteiger partial charge >= 0.3 is 8.17 Å². The SMILES string of the molecule is Cc1ncnn2c([C@]3(C#N)O[C@H](CO[P+](O)(O)O)[C@@H](O)[C@@]3(C)F)cnc12. The third-order valence-corrected chi connectivity index (χ3v) is 4.83. The summed E-state index contributed by atoms with van der Waals surface area (Å²) in [5.41, 5.74) is -4.27. The van der Waals surface area contributed by atoms with E-state index in [1.807, 2.05) is 0 Å². The lowest BCUT2D eigenvalue weighted by Gasteiger charge is -2.30. The van der Waals surface area contributed by atoms with Gasteiger partial charge in [-0.05, 0) is 13.8 Å². The number of aliphatic hydroxyl groups excluding tert-OH is 1. The first-order valence-corrected chi connectivity index (χ1v) is 8.93. The molecule has 1 aliphatic rings. The smallest absolute Gasteiger partial charge is 0.387 e. The molecule has 0 bridgehead atoms. The molecule has 13 heteroatoms. The van der Waals surface area contributed by atoms with Crippen molar-refractivity contribution in [2.45, 2.75) is 37.3 Å². The quantitative estimate of drug-likeness (QED) is 0.492. The number of aromatic nitrogens is 4. The summed E-state index contributed by atoms with van der Waals surface area (Å²) in [6, 6.07) is 1.73. The van der Waals surface area contributed by atoms with Crippen molar-refractivity contribution in [3.63, 3.8) is 0 Å². The third kappa shape index (κ3) is 2.74. The Hall–Kier alpha value is -1.84. The van der Waals surface area contributed by atoms with Crippen molar-refractivity contribution < 1.29 is 33.4 Å². The van der Waals surface area contributed by atoms with Crippen LogP contribution >= 0.6 is 8.17 Å². The molecule has 3 rings (SSSR count). The first kappa shape index (κ1) is 18.9. The number of alkyl halides is 1. The molecule has 0 aromatic carbocycles. The highest BCUT2D eigenvalue weighted by Gasteiger charge is 2.67. The van der Waals surface area contributed by atoms with Crippen LogP contribution < -0.4 is 0 Å². The van der Waals surface area contributed by atoms with Gasteiger partial charge in [-0.3, -0.25) is 0 Å². The highest BCUT2D eigenvalue weighted by Crippen LogP contribution is 2.51. The van der Waals surface area contributed by atoms with Crippen LogP contribution in [0.5, 0.6) is 0 Å². The van der Waals surface area contributed by atoms with Gasteiger partial charge in [-0.1, -0.05) is 0 Å². The minimum atomic E-state index is -4.63. The van der Waals surface area contributed by atoms with Gasteiger partial charge in [-0.2, -0.15) is 29.6 Å². The van der Waals surface area contributed by atoms with Gasteiger partial charge in [0.2, 0.25) is 5.60 Å². The van der Waals surface area contributed by atoms with Crippen LogP contribution in [-0.2, 0) is 14.9 Å². The Morgan fingerprint density at radius 1 is 1.46 bits per heavy atom. The molecule has 2 aromatic rings. The van der Waals surface area contributed by atoms with Gasteiger partial charge in [0.25, 0.3) is 0 Å². The van der Waals surface area contributed by atoms with E-state index in [0.29, 0.717) is 5.69 Å². The molecule has 26 heavy (non-hydrogen) atoms. The molecule has 0 aliphatic carbocycles. The van der Waals surface area contributed by atoms with Crippen molar-refractivity contribution in [1.29, 1.82) is 5.26 Å². The second-order valence-corrected chi connectivity index (χ2v) is 7.29. The van der Waals surface area contributed by atoms with Crippen LogP contribution in [0.15, 0.2) is 12.5 Å². The van der Waals surface area contributed by atoms with Gasteiger partial charge in [-0.15, -0.1) is 0 Å². The lowest BCUT2D eigenvalue weighted by atomic mass is 9.82. The van der Waals surface area contributed by atoms with E-state index in [2.05, 4.69) is 19.6 Å². The average molecular weight is 388 g/mol. The number of halogens is 1. The van der Waals surface area contributed by atoms with Gasteiger partial charge in [0.1, 0.15) is 36.9 Å². The largest absolute Gasteiger partial charge is 0.567 e. The predicted octanol–water partition coefficient (Wildman–Crippen LogP) is -0.689. The summed E-state index contributed by atoms with van der Waals surface area (Å²) < 4.78 is 26.5. The highest BCUT2D eigenvalue weighted by molar-refractivity contribution is 7.53. The number of hydrogen-bond donors (Lipinski definition) is 4. The predicted molar refractivity (Wildman–Crippen MR) is 82.7 cm³/mol. The Labute approximate surface area is 146 Å². The molecule has 0 unspecified atom stereocenters. The first-order chi connectivity index (χ1) is 12.0. The summed E-state index contributed by atoms with van der Waals surface area (Å²) >= 11 is 0. The van der Waals surface area contributed by atoms with Crippen LogP contribution in [0.4, 0.5) is 4.39 Å². The molecular weight excluding hydrogens is 372 g/mol. The fourth-order valence-electron chi connectivity index (χ4n) is 2.94. The minimum Gasteiger partial charge on any atom is -0.387 e. The second kappa shape index (κ2) is 6.11. The summed E-state index contributed by atoms with van der Waals surface area (Å²) in [6.45, 7) is 1.86. The Kier molecular flexibility index (Phi) is 4.45. The summed E-state index contributed by atoms with van der Waals surface area (Å²) in [6.07, 6.45) is -0.955. The number of rotatable bonds is 4. The first-order valence-electron chi connectivity index (χ1n) is 7.37. The number of fused-ring (bicyclic) bond motifs is 1. The van der Waals surface area contributed by atoms with E-state index in [1.54, 1.807) is 13.0 Å². The van der Waals surface area contributed by atoms with Gasteiger partial charge in [0.05, 0.1) is 11.9 Å². The molecule has 0 radical (unpaired) electrons. The van der Waals surface area contributed by atoms with Gasteiger partial charge in [0.15, 0.2) is 11.3 Å². The minimum absolute atomic E-state index is 0.0786. The van der Waals surface area contributed by atoms with E-state index in [9.17, 15) is 10.4 Å². The van der Waals surface area contributed by atoms with E-state index in [0.717, 1.165) is 6.92 Å². The maximum Gasteiger partial charge on any atom is 0.567 e. The molecule has 0 saturated carbocycles. The normalized spacial score (nSPS) is 32.1. The zero-order valence-electron chi connectivity index (χ0n) is 13.7. The van der Waals surface area contributed by atoms with Crippen LogP contribution in [0.3, 0.4) is 0 Å². The molecule has 1 aliphatic heterocycles. The van der Waals surface area contributed by atoms with Crippen LogP contribution in [0.1, 0.15) is 18.3 Å². The average Bonchev–Trinajstić information content (AvgIpc) is 3.06. The molecule has 0 spiro atoms. The van der Waals surface area contributed by atoms with Crippen molar-refractivity contribution >= 4 is 13.8 Å². The van der Waals surface area contributed by atoms with Gasteiger partial charge in [0, 0.05) is 0 Å². The molecule has 0 amide bonds. The number of nitriles is 1. The summed E-state index contributed by atoms with van der Waals surface area (Å²) in [5, 5.41) is 24.0. The van der Waals surface area contributed by atoms with E-state index in [-0.39, 0.29) is 11.3 Å². The second-order valence-electron chi connectivity index (χ2n) is 6.00. The lowest BCUT2D eigenvalue weighted by Crippen LogP contribution is -2.48. The zero-order chi connectivity index (χ0) is 19.3. The van der Waals surface area contributed by atoms with Crippen molar-refractivity contribution in [2.75, 3.05) is 6.61 Å². The van der Waals surface area contributed by atoms with E-state index in [1.165, 1.54) is 17.0 Å². The number of imidazole rings is 1. The zero-order valence-corrected chi connectivity index (χ0v) is 14.6. The van der Waals surface area contributed by atoms with E-state index < -0.39 is 38.3 Å².